The zero-order chi connectivity index (χ0) is 48.8. The summed E-state index contributed by atoms with van der Waals surface area (Å²) in [5.74, 6) is -1.31. The van der Waals surface area contributed by atoms with Crippen LogP contribution in [-0.2, 0) is 42.2 Å². The van der Waals surface area contributed by atoms with Crippen LogP contribution in [0.4, 0.5) is 5.00 Å². The van der Waals surface area contributed by atoms with Crippen LogP contribution in [0.2, 0.25) is 36.3 Å². The molecular formula is C44H72N4O11S2Si2. The van der Waals surface area contributed by atoms with Crippen LogP contribution in [0.5, 0.6) is 0 Å². The second kappa shape index (κ2) is 21.0. The third-order valence-electron chi connectivity index (χ3n) is 10.4. The fourth-order valence-corrected chi connectivity index (χ4v) is 9.79. The molecule has 3 rings (SSSR count). The number of nitrogens with zero attached hydrogens (tertiary/aromatic N) is 3. The fourth-order valence-electron chi connectivity index (χ4n) is 5.33. The lowest BCUT2D eigenvalue weighted by Gasteiger charge is -2.39. The van der Waals surface area contributed by atoms with Crippen molar-refractivity contribution >= 4 is 74.1 Å². The van der Waals surface area contributed by atoms with Crippen LogP contribution in [0, 0.1) is 20.8 Å². The molecule has 0 saturated carbocycles. The number of aromatic nitrogens is 3. The number of nitrogens with one attached hydrogen (secondary N) is 1. The maximum Gasteiger partial charge on any atom is 0.340 e. The number of amides is 1. The van der Waals surface area contributed by atoms with Gasteiger partial charge in [0.05, 0.1) is 38.2 Å². The first-order valence-electron chi connectivity index (χ1n) is 20.8. The Bertz CT molecular complexity index is 2100. The molecule has 0 spiro atoms. The second-order valence-electron chi connectivity index (χ2n) is 20.4. The van der Waals surface area contributed by atoms with Crippen LogP contribution in [0.1, 0.15) is 144 Å². The molecule has 354 valence electrons. The van der Waals surface area contributed by atoms with Crippen molar-refractivity contribution in [3.63, 3.8) is 0 Å². The van der Waals surface area contributed by atoms with E-state index in [0.717, 1.165) is 9.75 Å². The van der Waals surface area contributed by atoms with Crippen molar-refractivity contribution in [1.29, 1.82) is 0 Å². The molecular weight excluding hydrogens is 881 g/mol. The predicted octanol–water partition coefficient (Wildman–Crippen LogP) is 10.4. The lowest BCUT2D eigenvalue weighted by atomic mass is 10.2. The molecule has 15 nitrogen and oxygen atoms in total. The molecule has 0 radical (unpaired) electrons. The second-order valence-corrected chi connectivity index (χ2v) is 32.4. The van der Waals surface area contributed by atoms with E-state index in [9.17, 15) is 24.0 Å². The molecule has 1 N–H and O–H groups in total. The molecule has 63 heavy (non-hydrogen) atoms. The first-order chi connectivity index (χ1) is 28.4. The Balaban J connectivity index is 0.000000436. The zero-order valence-electron chi connectivity index (χ0n) is 41.4. The number of anilines is 1. The summed E-state index contributed by atoms with van der Waals surface area (Å²) in [5.41, 5.74) is -0.590. The zero-order valence-corrected chi connectivity index (χ0v) is 45.0. The summed E-state index contributed by atoms with van der Waals surface area (Å²) in [6.07, 6.45) is -1.95. The summed E-state index contributed by atoms with van der Waals surface area (Å²) >= 11 is 2.70. The molecule has 0 aliphatic carbocycles. The maximum absolute atomic E-state index is 13.1. The number of aryl methyl sites for hydroxylation is 3. The van der Waals surface area contributed by atoms with Crippen molar-refractivity contribution in [2.45, 2.75) is 176 Å². The van der Waals surface area contributed by atoms with Gasteiger partial charge in [0.1, 0.15) is 39.2 Å². The van der Waals surface area contributed by atoms with Crippen molar-refractivity contribution in [2.75, 3.05) is 19.5 Å². The van der Waals surface area contributed by atoms with E-state index in [0.29, 0.717) is 27.2 Å². The van der Waals surface area contributed by atoms with Gasteiger partial charge in [-0.15, -0.1) is 32.9 Å². The summed E-state index contributed by atoms with van der Waals surface area (Å²) in [6.45, 7) is 37.2. The van der Waals surface area contributed by atoms with E-state index in [2.05, 4.69) is 70.2 Å². The molecule has 3 heterocycles. The highest BCUT2D eigenvalue weighted by Crippen LogP contribution is 2.42. The average Bonchev–Trinajstić information content (AvgIpc) is 3.79. The van der Waals surface area contributed by atoms with Gasteiger partial charge in [0.25, 0.3) is 5.91 Å². The lowest BCUT2D eigenvalue weighted by Crippen LogP contribution is -2.48. The Morgan fingerprint density at radius 2 is 1.11 bits per heavy atom. The standard InChI is InChI=1S/C23H37N3O5SSi.C21H35NO6SSi/c1-14-12-16(21(28)29-9)20(32-14)26-15(2)24-25-19(26)17(13-18(27)30-22(3,4)5)31-33(10,11)23(6,7)8;1-13-11-14(19(25)26-8)18(29-13)22-17(24)15(12-16(23)27-20(2,3)4)28-30(9,10)21(5,6)7/h12,17H,13H2,1-11H3;11,15H,12H2,1-10H3,(H,22,24)/t17-;15-/m00/s1. The van der Waals surface area contributed by atoms with Crippen molar-refractivity contribution in [3.05, 3.63) is 44.7 Å². The molecule has 0 saturated heterocycles. The molecule has 0 bridgehead atoms. The minimum Gasteiger partial charge on any atom is -0.465 e. The van der Waals surface area contributed by atoms with Crippen LogP contribution >= 0.6 is 22.7 Å². The van der Waals surface area contributed by atoms with Crippen molar-refractivity contribution in [2.24, 2.45) is 0 Å². The Kier molecular flexibility index (Phi) is 18.5. The first kappa shape index (κ1) is 55.4. The van der Waals surface area contributed by atoms with Gasteiger partial charge in [0.2, 0.25) is 0 Å². The molecule has 19 heteroatoms. The third kappa shape index (κ3) is 16.0. The Morgan fingerprint density at radius 1 is 0.667 bits per heavy atom. The highest BCUT2D eigenvalue weighted by Gasteiger charge is 2.43. The SMILES string of the molecule is COC(=O)c1cc(C)sc1-n1c(C)nnc1[C@H](CC(=O)OC(C)(C)C)O[Si](C)(C)C(C)(C)C.COC(=O)c1cc(C)sc1NC(=O)[C@H](CC(=O)OC(C)(C)C)O[Si](C)(C)C(C)(C)C. The van der Waals surface area contributed by atoms with E-state index >= 15 is 0 Å². The number of thiophene rings is 2. The summed E-state index contributed by atoms with van der Waals surface area (Å²) in [6, 6.07) is 3.44. The number of carbonyl (C=O) groups excluding carboxylic acids is 5. The van der Waals surface area contributed by atoms with Gasteiger partial charge in [-0.25, -0.2) is 9.59 Å². The van der Waals surface area contributed by atoms with Crippen LogP contribution in [0.25, 0.3) is 5.00 Å². The summed E-state index contributed by atoms with van der Waals surface area (Å²) in [4.78, 5) is 64.7. The predicted molar refractivity (Wildman–Crippen MR) is 253 cm³/mol. The van der Waals surface area contributed by atoms with E-state index in [-0.39, 0.29) is 34.5 Å². The topological polar surface area (TPSA) is 183 Å². The monoisotopic (exact) mass is 952 g/mol. The Hall–Kier alpha value is -3.76. The van der Waals surface area contributed by atoms with Gasteiger partial charge in [-0.2, -0.15) is 0 Å². The van der Waals surface area contributed by atoms with Crippen LogP contribution in [-0.4, -0.2) is 92.7 Å². The van der Waals surface area contributed by atoms with Crippen LogP contribution in [0.3, 0.4) is 0 Å². The molecule has 0 aliphatic heterocycles. The number of carbonyl (C=O) groups is 5. The van der Waals surface area contributed by atoms with Crippen molar-refractivity contribution in [3.8, 4) is 5.00 Å². The molecule has 0 unspecified atom stereocenters. The van der Waals surface area contributed by atoms with Gasteiger partial charge >= 0.3 is 23.9 Å². The van der Waals surface area contributed by atoms with E-state index in [1.807, 2.05) is 54.6 Å². The normalized spacial score (nSPS) is 13.6. The smallest absolute Gasteiger partial charge is 0.340 e. The molecule has 0 aliphatic rings. The number of ether oxygens (including phenoxy) is 4. The van der Waals surface area contributed by atoms with Gasteiger partial charge in [0, 0.05) is 9.75 Å². The molecule has 0 aromatic carbocycles. The molecule has 2 atom stereocenters. The summed E-state index contributed by atoms with van der Waals surface area (Å²) in [7, 11) is -2.04. The number of methoxy groups -OCH3 is 2. The summed E-state index contributed by atoms with van der Waals surface area (Å²) in [5, 5.41) is 12.2. The van der Waals surface area contributed by atoms with E-state index in [1.165, 1.54) is 36.9 Å². The summed E-state index contributed by atoms with van der Waals surface area (Å²) < 4.78 is 35.5. The van der Waals surface area contributed by atoms with E-state index in [4.69, 9.17) is 27.8 Å². The van der Waals surface area contributed by atoms with Gasteiger partial charge in [0.15, 0.2) is 22.5 Å². The van der Waals surface area contributed by atoms with E-state index in [1.54, 1.807) is 37.5 Å². The first-order valence-corrected chi connectivity index (χ1v) is 28.3. The van der Waals surface area contributed by atoms with Crippen molar-refractivity contribution < 1.29 is 51.8 Å². The molecule has 0 fully saturated rings. The number of esters is 4. The average molecular weight is 953 g/mol. The maximum atomic E-state index is 13.1. The molecule has 3 aromatic rings. The fraction of sp³-hybridized carbons (Fsp3) is 0.659. The van der Waals surface area contributed by atoms with Gasteiger partial charge in [-0.1, -0.05) is 41.5 Å². The quantitative estimate of drug-likeness (QED) is 0.0916. The Morgan fingerprint density at radius 3 is 1.59 bits per heavy atom. The number of hydrogen-bond acceptors (Lipinski definition) is 15. The van der Waals surface area contributed by atoms with Gasteiger partial charge < -0.3 is 33.1 Å². The minimum absolute atomic E-state index is 0.0141. The third-order valence-corrected chi connectivity index (χ3v) is 21.4. The van der Waals surface area contributed by atoms with Crippen LogP contribution < -0.4 is 5.32 Å². The molecule has 3 aromatic heterocycles. The number of rotatable bonds is 14. The minimum atomic E-state index is -2.37. The number of hydrogen-bond donors (Lipinski definition) is 1. The highest BCUT2D eigenvalue weighted by molar-refractivity contribution is 7.16. The van der Waals surface area contributed by atoms with Crippen LogP contribution in [0.15, 0.2) is 12.1 Å². The highest BCUT2D eigenvalue weighted by atomic mass is 32.1. The van der Waals surface area contributed by atoms with Gasteiger partial charge in [-0.3, -0.25) is 19.0 Å². The molecule has 1 amide bonds. The Labute approximate surface area is 384 Å². The largest absolute Gasteiger partial charge is 0.465 e. The lowest BCUT2D eigenvalue weighted by molar-refractivity contribution is -0.158. The van der Waals surface area contributed by atoms with Gasteiger partial charge in [-0.05, 0) is 111 Å². The van der Waals surface area contributed by atoms with E-state index < -0.39 is 63.9 Å². The van der Waals surface area contributed by atoms with Crippen molar-refractivity contribution in [1.82, 2.24) is 14.8 Å².